The summed E-state index contributed by atoms with van der Waals surface area (Å²) in [6.45, 7) is 13.3. The molecule has 0 bridgehead atoms. The van der Waals surface area contributed by atoms with Gasteiger partial charge in [0.1, 0.15) is 23.7 Å². The molecule has 4 aromatic rings. The third-order valence-corrected chi connectivity index (χ3v) is 12.8. The number of ether oxygens (including phenoxy) is 2. The van der Waals surface area contributed by atoms with Crippen molar-refractivity contribution in [1.29, 1.82) is 0 Å². The van der Waals surface area contributed by atoms with E-state index in [2.05, 4.69) is 83.0 Å². The lowest BCUT2D eigenvalue weighted by Gasteiger charge is -2.30. The SMILES string of the molecule is COC(=O)N[C@H](C(=O)N1C[C@@H](C(C)C)C[C@H]1c1ncc(-c2ccc(-c3ccc(-c4cnc([C@@H]5C[C@H](C6CC6)CN5C(=O)[C@@H](NC(=O)OC)C(C)C)[nH]4)cc3)cc2)[nH]1)C(C)C. The number of H-pyrrole nitrogens is 2. The van der Waals surface area contributed by atoms with E-state index in [0.29, 0.717) is 36.8 Å². The van der Waals surface area contributed by atoms with Crippen LogP contribution in [0.25, 0.3) is 33.6 Å². The highest BCUT2D eigenvalue weighted by atomic mass is 16.5. The number of likely N-dealkylation sites (tertiary alicyclic amines) is 2. The highest BCUT2D eigenvalue weighted by Crippen LogP contribution is 2.47. The largest absolute Gasteiger partial charge is 0.453 e. The zero-order valence-corrected chi connectivity index (χ0v) is 36.0. The summed E-state index contributed by atoms with van der Waals surface area (Å²) in [4.78, 5) is 72.5. The minimum Gasteiger partial charge on any atom is -0.453 e. The minimum atomic E-state index is -0.708. The average molecular weight is 821 g/mol. The molecule has 320 valence electrons. The van der Waals surface area contributed by atoms with E-state index in [1.165, 1.54) is 27.1 Å². The number of nitrogens with zero attached hydrogens (tertiary/aromatic N) is 4. The first kappa shape index (κ1) is 42.5. The normalized spacial score (nSPS) is 21.4. The predicted molar refractivity (Wildman–Crippen MR) is 228 cm³/mol. The summed E-state index contributed by atoms with van der Waals surface area (Å²) in [5.41, 5.74) is 5.83. The fraction of sp³-hybridized carbons (Fsp3) is 0.522. The van der Waals surface area contributed by atoms with Gasteiger partial charge in [0, 0.05) is 13.1 Å². The number of rotatable bonds is 13. The maximum atomic E-state index is 13.9. The number of aromatic nitrogens is 4. The Morgan fingerprint density at radius 2 is 1.03 bits per heavy atom. The van der Waals surface area contributed by atoms with E-state index < -0.39 is 24.3 Å². The molecule has 14 heteroatoms. The molecule has 2 aliphatic heterocycles. The number of hydrogen-bond acceptors (Lipinski definition) is 8. The molecule has 3 fully saturated rings. The monoisotopic (exact) mass is 820 g/mol. The summed E-state index contributed by atoms with van der Waals surface area (Å²) >= 11 is 0. The van der Waals surface area contributed by atoms with Gasteiger partial charge in [-0.1, -0.05) is 90.1 Å². The summed E-state index contributed by atoms with van der Waals surface area (Å²) in [5, 5.41) is 5.50. The Morgan fingerprint density at radius 3 is 1.43 bits per heavy atom. The van der Waals surface area contributed by atoms with Crippen LogP contribution in [0.2, 0.25) is 0 Å². The van der Waals surface area contributed by atoms with Crippen LogP contribution in [0.1, 0.15) is 91.0 Å². The Bertz CT molecular complexity index is 2000. The van der Waals surface area contributed by atoms with Gasteiger partial charge in [0.15, 0.2) is 0 Å². The van der Waals surface area contributed by atoms with E-state index in [0.717, 1.165) is 58.1 Å². The topological polar surface area (TPSA) is 175 Å². The number of aromatic amines is 2. The van der Waals surface area contributed by atoms with Gasteiger partial charge in [0.2, 0.25) is 11.8 Å². The second-order valence-electron chi connectivity index (χ2n) is 17.8. The molecule has 14 nitrogen and oxygen atoms in total. The lowest BCUT2D eigenvalue weighted by Crippen LogP contribution is -2.51. The lowest BCUT2D eigenvalue weighted by molar-refractivity contribution is -0.136. The third-order valence-electron chi connectivity index (χ3n) is 12.8. The maximum Gasteiger partial charge on any atom is 0.407 e. The molecule has 2 saturated heterocycles. The molecule has 60 heavy (non-hydrogen) atoms. The van der Waals surface area contributed by atoms with Gasteiger partial charge in [0.25, 0.3) is 0 Å². The summed E-state index contributed by atoms with van der Waals surface area (Å²) in [7, 11) is 2.61. The van der Waals surface area contributed by atoms with Crippen molar-refractivity contribution < 1.29 is 28.7 Å². The number of carbonyl (C=O) groups is 4. The summed E-state index contributed by atoms with van der Waals surface area (Å²) in [6.07, 6.45) is 6.43. The van der Waals surface area contributed by atoms with Gasteiger partial charge in [-0.05, 0) is 83.4 Å². The molecule has 1 aliphatic carbocycles. The van der Waals surface area contributed by atoms with Gasteiger partial charge in [-0.3, -0.25) is 9.59 Å². The smallest absolute Gasteiger partial charge is 0.407 e. The van der Waals surface area contributed by atoms with Crippen LogP contribution in [0.5, 0.6) is 0 Å². The Hall–Kier alpha value is -5.66. The van der Waals surface area contributed by atoms with Crippen LogP contribution < -0.4 is 10.6 Å². The van der Waals surface area contributed by atoms with Gasteiger partial charge in [0.05, 0.1) is 50.1 Å². The van der Waals surface area contributed by atoms with E-state index >= 15 is 0 Å². The fourth-order valence-electron chi connectivity index (χ4n) is 8.88. The second-order valence-corrected chi connectivity index (χ2v) is 17.8. The first-order valence-corrected chi connectivity index (χ1v) is 21.4. The number of alkyl carbamates (subject to hydrolysis) is 2. The van der Waals surface area contributed by atoms with Crippen molar-refractivity contribution in [3.05, 3.63) is 72.6 Å². The summed E-state index contributed by atoms with van der Waals surface area (Å²) in [5.74, 6) is 2.73. The van der Waals surface area contributed by atoms with Crippen LogP contribution in [0, 0.1) is 35.5 Å². The number of hydrogen-bond donors (Lipinski definition) is 4. The van der Waals surface area contributed by atoms with Crippen molar-refractivity contribution >= 4 is 24.0 Å². The van der Waals surface area contributed by atoms with E-state index in [9.17, 15) is 19.2 Å². The molecule has 0 unspecified atom stereocenters. The zero-order chi connectivity index (χ0) is 42.8. The molecular weight excluding hydrogens is 761 g/mol. The van der Waals surface area contributed by atoms with Crippen LogP contribution in [-0.2, 0) is 19.1 Å². The van der Waals surface area contributed by atoms with Crippen molar-refractivity contribution in [3.8, 4) is 33.6 Å². The molecule has 2 aromatic carbocycles. The second kappa shape index (κ2) is 17.9. The van der Waals surface area contributed by atoms with Gasteiger partial charge in [-0.2, -0.15) is 0 Å². The average Bonchev–Trinajstić information content (AvgIpc) is 3.65. The Labute approximate surface area is 352 Å². The maximum absolute atomic E-state index is 13.9. The van der Waals surface area contributed by atoms with E-state index in [4.69, 9.17) is 19.4 Å². The zero-order valence-electron chi connectivity index (χ0n) is 36.0. The molecule has 0 spiro atoms. The van der Waals surface area contributed by atoms with Gasteiger partial charge >= 0.3 is 12.2 Å². The number of carbonyl (C=O) groups excluding carboxylic acids is 4. The number of nitrogens with one attached hydrogen (secondary N) is 4. The summed E-state index contributed by atoms with van der Waals surface area (Å²) in [6, 6.07) is 14.8. The highest BCUT2D eigenvalue weighted by Gasteiger charge is 2.46. The fourth-order valence-corrected chi connectivity index (χ4v) is 8.88. The van der Waals surface area contributed by atoms with Crippen LogP contribution >= 0.6 is 0 Å². The molecule has 7 rings (SSSR count). The molecule has 2 aromatic heterocycles. The molecule has 4 amide bonds. The van der Waals surface area contributed by atoms with Crippen molar-refractivity contribution in [1.82, 2.24) is 40.4 Å². The van der Waals surface area contributed by atoms with Crippen molar-refractivity contribution in [3.63, 3.8) is 0 Å². The molecular formula is C46H60N8O6. The van der Waals surface area contributed by atoms with Crippen LogP contribution in [-0.4, -0.2) is 93.1 Å². The number of benzene rings is 2. The molecule has 0 radical (unpaired) electrons. The van der Waals surface area contributed by atoms with Crippen molar-refractivity contribution in [2.45, 2.75) is 91.4 Å². The van der Waals surface area contributed by atoms with E-state index in [-0.39, 0.29) is 35.7 Å². The Balaban J connectivity index is 1.04. The predicted octanol–water partition coefficient (Wildman–Crippen LogP) is 7.74. The lowest BCUT2D eigenvalue weighted by atomic mass is 9.93. The number of amides is 4. The summed E-state index contributed by atoms with van der Waals surface area (Å²) < 4.78 is 9.65. The van der Waals surface area contributed by atoms with Crippen molar-refractivity contribution in [2.75, 3.05) is 27.3 Å². The Morgan fingerprint density at radius 1 is 0.617 bits per heavy atom. The van der Waals surface area contributed by atoms with Crippen LogP contribution in [0.15, 0.2) is 60.9 Å². The van der Waals surface area contributed by atoms with Crippen LogP contribution in [0.3, 0.4) is 0 Å². The third kappa shape index (κ3) is 9.07. The molecule has 4 N–H and O–H groups in total. The van der Waals surface area contributed by atoms with Crippen LogP contribution in [0.4, 0.5) is 9.59 Å². The highest BCUT2D eigenvalue weighted by molar-refractivity contribution is 5.87. The quantitative estimate of drug-likeness (QED) is 0.106. The first-order valence-electron chi connectivity index (χ1n) is 21.4. The van der Waals surface area contributed by atoms with E-state index in [1.54, 1.807) is 0 Å². The molecule has 6 atom stereocenters. The standard InChI is InChI=1S/C46H60N8O6/c1-25(2)33-19-37(53(23-33)43(55)39(26(3)4)51-45(57)59-7)41-47-21-35(49-41)31-15-11-28(12-16-31)29-13-17-32(18-14-29)36-22-48-42(50-36)38-20-34(30-9-10-30)24-54(38)44(56)40(27(5)6)52-46(58)60-8/h11-18,21-22,25-27,30,33-34,37-40H,9-10,19-20,23-24H2,1-8H3,(H,47,49)(H,48,50)(H,51,57)(H,52,58)/t33-,34-,37-,38-,39-,40-/m0/s1. The van der Waals surface area contributed by atoms with Gasteiger partial charge in [-0.25, -0.2) is 19.6 Å². The molecule has 4 heterocycles. The minimum absolute atomic E-state index is 0.107. The molecule has 1 saturated carbocycles. The number of imidazole rings is 2. The Kier molecular flexibility index (Phi) is 12.7. The first-order chi connectivity index (χ1) is 28.8. The van der Waals surface area contributed by atoms with E-state index in [1.807, 2.05) is 49.9 Å². The van der Waals surface area contributed by atoms with Crippen molar-refractivity contribution in [2.24, 2.45) is 35.5 Å². The van der Waals surface area contributed by atoms with Gasteiger partial charge in [-0.15, -0.1) is 0 Å². The number of methoxy groups -OCH3 is 2. The molecule has 3 aliphatic rings. The van der Waals surface area contributed by atoms with Gasteiger partial charge < -0.3 is 39.9 Å².